The third-order valence-electron chi connectivity index (χ3n) is 1.90. The molecule has 0 aliphatic rings. The molecule has 0 radical (unpaired) electrons. The Hall–Kier alpha value is -1.36. The second-order valence-electron chi connectivity index (χ2n) is 3.46. The van der Waals surface area contributed by atoms with Gasteiger partial charge < -0.3 is 15.4 Å². The monoisotopic (exact) mass is 183 g/mol. The van der Waals surface area contributed by atoms with Gasteiger partial charge in [0.25, 0.3) is 5.91 Å². The van der Waals surface area contributed by atoms with Crippen LogP contribution >= 0.6 is 0 Å². The number of nitrogens with zero attached hydrogens (tertiary/aromatic N) is 2. The molecule has 0 unspecified atom stereocenters. The highest BCUT2D eigenvalue weighted by molar-refractivity contribution is 5.89. The summed E-state index contributed by atoms with van der Waals surface area (Å²) >= 11 is 0. The fourth-order valence-electron chi connectivity index (χ4n) is 1.05. The Labute approximate surface area is 76.2 Å². The average Bonchev–Trinajstić information content (AvgIpc) is 2.52. The van der Waals surface area contributed by atoms with Gasteiger partial charge in [-0.05, 0) is 13.8 Å². The van der Waals surface area contributed by atoms with Crippen molar-refractivity contribution in [1.29, 1.82) is 0 Å². The number of imidazole rings is 1. The largest absolute Gasteiger partial charge is 0.394 e. The molecule has 1 amide bonds. The molecular weight excluding hydrogens is 170 g/mol. The van der Waals surface area contributed by atoms with Crippen LogP contribution in [0.4, 0.5) is 0 Å². The summed E-state index contributed by atoms with van der Waals surface area (Å²) < 4.78 is 1.56. The number of aliphatic hydroxyl groups is 1. The lowest BCUT2D eigenvalue weighted by Crippen LogP contribution is -2.34. The van der Waals surface area contributed by atoms with E-state index in [1.54, 1.807) is 24.6 Å². The van der Waals surface area contributed by atoms with Crippen LogP contribution in [0, 0.1) is 0 Å². The highest BCUT2D eigenvalue weighted by atomic mass is 16.3. The smallest absolute Gasteiger partial charge is 0.284 e. The van der Waals surface area contributed by atoms with Crippen molar-refractivity contribution in [3.8, 4) is 0 Å². The van der Waals surface area contributed by atoms with Gasteiger partial charge in [-0.1, -0.05) is 0 Å². The molecule has 0 atom stereocenters. The average molecular weight is 183 g/mol. The zero-order chi connectivity index (χ0) is 10.1. The van der Waals surface area contributed by atoms with E-state index >= 15 is 0 Å². The fraction of sp³-hybridized carbons (Fsp3) is 0.500. The summed E-state index contributed by atoms with van der Waals surface area (Å²) in [7, 11) is 0. The second kappa shape index (κ2) is 3.18. The van der Waals surface area contributed by atoms with Crippen LogP contribution in [0.3, 0.4) is 0 Å². The second-order valence-corrected chi connectivity index (χ2v) is 3.46. The molecule has 1 aromatic heterocycles. The first kappa shape index (κ1) is 9.73. The van der Waals surface area contributed by atoms with Crippen molar-refractivity contribution in [1.82, 2.24) is 9.55 Å². The lowest BCUT2D eigenvalue weighted by molar-refractivity contribution is 0.0966. The van der Waals surface area contributed by atoms with E-state index in [2.05, 4.69) is 4.98 Å². The Bertz CT molecular complexity index is 317. The number of carbonyl (C=O) groups excluding carboxylic acids is 1. The molecule has 72 valence electrons. The van der Waals surface area contributed by atoms with Crippen molar-refractivity contribution in [3.63, 3.8) is 0 Å². The van der Waals surface area contributed by atoms with E-state index in [0.717, 1.165) is 0 Å². The first-order valence-corrected chi connectivity index (χ1v) is 3.93. The molecule has 0 bridgehead atoms. The molecule has 13 heavy (non-hydrogen) atoms. The minimum atomic E-state index is -0.591. The molecule has 0 spiro atoms. The Morgan fingerprint density at radius 3 is 2.85 bits per heavy atom. The normalized spacial score (nSPS) is 11.6. The van der Waals surface area contributed by atoms with Crippen LogP contribution in [0.15, 0.2) is 12.4 Å². The van der Waals surface area contributed by atoms with Gasteiger partial charge in [0, 0.05) is 12.4 Å². The molecular formula is C8H13N3O2. The molecule has 0 aliphatic heterocycles. The lowest BCUT2D eigenvalue weighted by atomic mass is 10.1. The van der Waals surface area contributed by atoms with Gasteiger partial charge in [0.2, 0.25) is 0 Å². The first-order chi connectivity index (χ1) is 5.99. The van der Waals surface area contributed by atoms with E-state index in [-0.39, 0.29) is 12.4 Å². The van der Waals surface area contributed by atoms with Crippen molar-refractivity contribution in [2.45, 2.75) is 19.4 Å². The van der Waals surface area contributed by atoms with Crippen LogP contribution < -0.4 is 5.73 Å². The van der Waals surface area contributed by atoms with Crippen LogP contribution in [-0.4, -0.2) is 27.2 Å². The van der Waals surface area contributed by atoms with Gasteiger partial charge in [0.1, 0.15) is 0 Å². The molecule has 0 aliphatic carbocycles. The topological polar surface area (TPSA) is 81.1 Å². The number of aromatic nitrogens is 2. The maximum absolute atomic E-state index is 10.9. The van der Waals surface area contributed by atoms with E-state index in [9.17, 15) is 4.79 Å². The van der Waals surface area contributed by atoms with Crippen molar-refractivity contribution in [3.05, 3.63) is 18.2 Å². The van der Waals surface area contributed by atoms with Crippen LogP contribution in [0.2, 0.25) is 0 Å². The zero-order valence-electron chi connectivity index (χ0n) is 7.69. The molecule has 0 saturated heterocycles. The standard InChI is InChI=1S/C8H13N3O2/c1-8(2,5-12)11-4-3-10-7(11)6(9)13/h3-4,12H,5H2,1-2H3,(H2,9,13). The molecule has 1 heterocycles. The first-order valence-electron chi connectivity index (χ1n) is 3.93. The molecule has 0 aromatic carbocycles. The summed E-state index contributed by atoms with van der Waals surface area (Å²) in [5, 5.41) is 9.07. The molecule has 1 rings (SSSR count). The van der Waals surface area contributed by atoms with Gasteiger partial charge in [-0.15, -0.1) is 0 Å². The van der Waals surface area contributed by atoms with Gasteiger partial charge in [0.15, 0.2) is 5.82 Å². The van der Waals surface area contributed by atoms with E-state index in [1.165, 1.54) is 6.20 Å². The predicted molar refractivity (Wildman–Crippen MR) is 47.2 cm³/mol. The minimum absolute atomic E-state index is 0.0797. The van der Waals surface area contributed by atoms with Crippen molar-refractivity contribution < 1.29 is 9.90 Å². The Balaban J connectivity index is 3.14. The van der Waals surface area contributed by atoms with Crippen molar-refractivity contribution in [2.24, 2.45) is 5.73 Å². The molecule has 3 N–H and O–H groups in total. The van der Waals surface area contributed by atoms with Crippen LogP contribution in [-0.2, 0) is 5.54 Å². The molecule has 1 aromatic rings. The van der Waals surface area contributed by atoms with E-state index in [0.29, 0.717) is 0 Å². The number of primary amides is 1. The third-order valence-corrected chi connectivity index (χ3v) is 1.90. The van der Waals surface area contributed by atoms with Gasteiger partial charge in [-0.3, -0.25) is 4.79 Å². The molecule has 5 nitrogen and oxygen atoms in total. The number of carbonyl (C=O) groups is 1. The summed E-state index contributed by atoms with van der Waals surface area (Å²) in [5.74, 6) is -0.425. The van der Waals surface area contributed by atoms with E-state index in [1.807, 2.05) is 0 Å². The maximum Gasteiger partial charge on any atom is 0.284 e. The summed E-state index contributed by atoms with van der Waals surface area (Å²) in [6.07, 6.45) is 3.10. The van der Waals surface area contributed by atoms with Crippen molar-refractivity contribution in [2.75, 3.05) is 6.61 Å². The number of nitrogens with two attached hydrogens (primary N) is 1. The minimum Gasteiger partial charge on any atom is -0.394 e. The van der Waals surface area contributed by atoms with Crippen molar-refractivity contribution >= 4 is 5.91 Å². The highest BCUT2D eigenvalue weighted by Crippen LogP contribution is 2.15. The quantitative estimate of drug-likeness (QED) is 0.675. The Morgan fingerprint density at radius 1 is 1.77 bits per heavy atom. The molecule has 0 fully saturated rings. The van der Waals surface area contributed by atoms with Gasteiger partial charge >= 0.3 is 0 Å². The number of hydrogen-bond donors (Lipinski definition) is 2. The number of aliphatic hydroxyl groups excluding tert-OH is 1. The number of hydrogen-bond acceptors (Lipinski definition) is 3. The predicted octanol–water partition coefficient (Wildman–Crippen LogP) is -0.291. The summed E-state index contributed by atoms with van der Waals surface area (Å²) in [6, 6.07) is 0. The fourth-order valence-corrected chi connectivity index (χ4v) is 1.05. The summed E-state index contributed by atoms with van der Waals surface area (Å²) in [6.45, 7) is 3.51. The Kier molecular flexibility index (Phi) is 2.38. The Morgan fingerprint density at radius 2 is 2.38 bits per heavy atom. The SMILES string of the molecule is CC(C)(CO)n1ccnc1C(N)=O. The van der Waals surface area contributed by atoms with E-state index < -0.39 is 11.4 Å². The summed E-state index contributed by atoms with van der Waals surface area (Å²) in [4.78, 5) is 14.7. The molecule has 0 saturated carbocycles. The van der Waals surface area contributed by atoms with Crippen LogP contribution in [0.5, 0.6) is 0 Å². The number of amides is 1. The molecule has 5 heteroatoms. The van der Waals surface area contributed by atoms with E-state index in [4.69, 9.17) is 10.8 Å². The lowest BCUT2D eigenvalue weighted by Gasteiger charge is -2.24. The third kappa shape index (κ3) is 1.70. The number of rotatable bonds is 3. The van der Waals surface area contributed by atoms with Crippen LogP contribution in [0.1, 0.15) is 24.5 Å². The van der Waals surface area contributed by atoms with Crippen LogP contribution in [0.25, 0.3) is 0 Å². The highest BCUT2D eigenvalue weighted by Gasteiger charge is 2.23. The van der Waals surface area contributed by atoms with Gasteiger partial charge in [-0.25, -0.2) is 4.98 Å². The zero-order valence-corrected chi connectivity index (χ0v) is 7.69. The maximum atomic E-state index is 10.9. The van der Waals surface area contributed by atoms with Gasteiger partial charge in [0.05, 0.1) is 12.1 Å². The van der Waals surface area contributed by atoms with Gasteiger partial charge in [-0.2, -0.15) is 0 Å². The summed E-state index contributed by atoms with van der Waals surface area (Å²) in [5.41, 5.74) is 4.55.